The fourth-order valence-corrected chi connectivity index (χ4v) is 3.00. The first-order valence-corrected chi connectivity index (χ1v) is 8.36. The molecule has 0 heterocycles. The van der Waals surface area contributed by atoms with Gasteiger partial charge in [0.05, 0.1) is 7.11 Å². The maximum absolute atomic E-state index is 12.2. The van der Waals surface area contributed by atoms with Crippen molar-refractivity contribution in [1.29, 1.82) is 0 Å². The smallest absolute Gasteiger partial charge is 0.319 e. The highest BCUT2D eigenvalue weighted by molar-refractivity contribution is 6.31. The van der Waals surface area contributed by atoms with E-state index >= 15 is 0 Å². The van der Waals surface area contributed by atoms with E-state index in [4.69, 9.17) is 16.3 Å². The maximum Gasteiger partial charge on any atom is 0.319 e. The molecule has 0 aliphatic heterocycles. The molecule has 24 heavy (non-hydrogen) atoms. The van der Waals surface area contributed by atoms with Gasteiger partial charge in [-0.05, 0) is 55.2 Å². The van der Waals surface area contributed by atoms with Crippen molar-refractivity contribution in [2.75, 3.05) is 19.0 Å². The Labute approximate surface area is 147 Å². The lowest BCUT2D eigenvalue weighted by Crippen LogP contribution is -2.35. The van der Waals surface area contributed by atoms with E-state index in [1.165, 1.54) is 5.56 Å². The Hall–Kier alpha value is -2.20. The molecule has 1 fully saturated rings. The fourth-order valence-electron chi connectivity index (χ4n) is 2.82. The van der Waals surface area contributed by atoms with Crippen molar-refractivity contribution in [3.05, 3.63) is 58.6 Å². The average molecular weight is 345 g/mol. The second-order valence-corrected chi connectivity index (χ2v) is 6.64. The summed E-state index contributed by atoms with van der Waals surface area (Å²) < 4.78 is 5.20. The first kappa shape index (κ1) is 16.7. The number of methoxy groups -OCH3 is 1. The second-order valence-electron chi connectivity index (χ2n) is 6.23. The molecule has 0 radical (unpaired) electrons. The number of hydrogen-bond acceptors (Lipinski definition) is 2. The van der Waals surface area contributed by atoms with Crippen molar-refractivity contribution < 1.29 is 9.53 Å². The largest absolute Gasteiger partial charge is 0.497 e. The van der Waals surface area contributed by atoms with Crippen molar-refractivity contribution in [2.24, 2.45) is 0 Å². The van der Waals surface area contributed by atoms with Gasteiger partial charge in [0.15, 0.2) is 0 Å². The van der Waals surface area contributed by atoms with Gasteiger partial charge in [-0.3, -0.25) is 0 Å². The van der Waals surface area contributed by atoms with Gasteiger partial charge in [0.2, 0.25) is 0 Å². The monoisotopic (exact) mass is 344 g/mol. The third-order valence-corrected chi connectivity index (χ3v) is 5.07. The van der Waals surface area contributed by atoms with Crippen LogP contribution in [-0.2, 0) is 5.41 Å². The first-order valence-electron chi connectivity index (χ1n) is 7.99. The molecule has 1 aliphatic rings. The lowest BCUT2D eigenvalue weighted by atomic mass is 9.96. The summed E-state index contributed by atoms with van der Waals surface area (Å²) in [4.78, 5) is 12.2. The van der Waals surface area contributed by atoms with Crippen molar-refractivity contribution in [1.82, 2.24) is 5.32 Å². The number of halogens is 1. The van der Waals surface area contributed by atoms with Gasteiger partial charge in [0.1, 0.15) is 5.75 Å². The van der Waals surface area contributed by atoms with E-state index in [0.29, 0.717) is 11.6 Å². The van der Waals surface area contributed by atoms with Crippen LogP contribution in [0.4, 0.5) is 10.5 Å². The maximum atomic E-state index is 12.2. The predicted octanol–water partition coefficient (Wildman–Crippen LogP) is 4.51. The molecular weight excluding hydrogens is 324 g/mol. The number of carbonyl (C=O) groups excluding carboxylic acids is 1. The Kier molecular flexibility index (Phi) is 4.67. The van der Waals surface area contributed by atoms with Crippen LogP contribution in [0.25, 0.3) is 0 Å². The molecule has 2 aromatic carbocycles. The summed E-state index contributed by atoms with van der Waals surface area (Å²) in [6.07, 6.45) is 2.16. The van der Waals surface area contributed by atoms with Crippen LogP contribution in [0.2, 0.25) is 5.02 Å². The van der Waals surface area contributed by atoms with E-state index in [1.54, 1.807) is 7.11 Å². The molecule has 0 aromatic heterocycles. The summed E-state index contributed by atoms with van der Waals surface area (Å²) in [6.45, 7) is 2.50. The van der Waals surface area contributed by atoms with Gasteiger partial charge in [0.25, 0.3) is 0 Å². The van der Waals surface area contributed by atoms with Gasteiger partial charge in [-0.25, -0.2) is 4.79 Å². The molecule has 1 aliphatic carbocycles. The highest BCUT2D eigenvalue weighted by Crippen LogP contribution is 2.47. The highest BCUT2D eigenvalue weighted by atomic mass is 35.5. The van der Waals surface area contributed by atoms with Gasteiger partial charge >= 0.3 is 6.03 Å². The lowest BCUT2D eigenvalue weighted by molar-refractivity contribution is 0.251. The molecule has 0 spiro atoms. The minimum atomic E-state index is -0.208. The molecule has 0 bridgehead atoms. The quantitative estimate of drug-likeness (QED) is 0.838. The normalized spacial score (nSPS) is 14.8. The Morgan fingerprint density at radius 1 is 1.21 bits per heavy atom. The van der Waals surface area contributed by atoms with Crippen LogP contribution in [-0.4, -0.2) is 19.7 Å². The molecule has 2 amide bonds. The highest BCUT2D eigenvalue weighted by Gasteiger charge is 2.44. The minimum Gasteiger partial charge on any atom is -0.497 e. The Morgan fingerprint density at radius 3 is 2.54 bits per heavy atom. The van der Waals surface area contributed by atoms with E-state index in [-0.39, 0.29) is 11.4 Å². The number of urea groups is 1. The zero-order valence-electron chi connectivity index (χ0n) is 13.9. The molecular formula is C19H21ClN2O2. The van der Waals surface area contributed by atoms with Crippen molar-refractivity contribution >= 4 is 23.3 Å². The first-order chi connectivity index (χ1) is 11.5. The van der Waals surface area contributed by atoms with Crippen molar-refractivity contribution in [2.45, 2.75) is 25.2 Å². The molecule has 126 valence electrons. The van der Waals surface area contributed by atoms with Crippen LogP contribution < -0.4 is 15.4 Å². The predicted molar refractivity (Wildman–Crippen MR) is 97.1 cm³/mol. The molecule has 0 saturated heterocycles. The van der Waals surface area contributed by atoms with Crippen LogP contribution in [0, 0.1) is 6.92 Å². The second kappa shape index (κ2) is 6.73. The summed E-state index contributed by atoms with van der Waals surface area (Å²) in [5.74, 6) is 0.844. The molecule has 0 atom stereocenters. The topological polar surface area (TPSA) is 50.4 Å². The fraction of sp³-hybridized carbons (Fsp3) is 0.316. The zero-order chi connectivity index (χ0) is 17.2. The Balaban J connectivity index is 1.60. The van der Waals surface area contributed by atoms with E-state index in [0.717, 1.165) is 29.8 Å². The third kappa shape index (κ3) is 3.49. The molecule has 0 unspecified atom stereocenters. The van der Waals surface area contributed by atoms with Gasteiger partial charge in [-0.1, -0.05) is 29.8 Å². The van der Waals surface area contributed by atoms with Crippen LogP contribution in [0.5, 0.6) is 5.75 Å². The van der Waals surface area contributed by atoms with Gasteiger partial charge in [0, 0.05) is 22.7 Å². The van der Waals surface area contributed by atoms with E-state index in [1.807, 2.05) is 37.3 Å². The number of rotatable bonds is 5. The Morgan fingerprint density at radius 2 is 1.92 bits per heavy atom. The van der Waals surface area contributed by atoms with Gasteiger partial charge in [-0.15, -0.1) is 0 Å². The number of ether oxygens (including phenoxy) is 1. The number of nitrogens with one attached hydrogen (secondary N) is 2. The summed E-state index contributed by atoms with van der Waals surface area (Å²) >= 11 is 6.08. The summed E-state index contributed by atoms with van der Waals surface area (Å²) in [5, 5.41) is 6.49. The molecule has 5 heteroatoms. The number of hydrogen-bond donors (Lipinski definition) is 2. The molecule has 1 saturated carbocycles. The average Bonchev–Trinajstić information content (AvgIpc) is 3.38. The van der Waals surface area contributed by atoms with Crippen LogP contribution in [0.3, 0.4) is 0 Å². The van der Waals surface area contributed by atoms with E-state index in [9.17, 15) is 4.79 Å². The number of anilines is 1. The SMILES string of the molecule is COc1ccc(C2(CNC(=O)Nc3cccc(Cl)c3C)CC2)cc1. The minimum absolute atomic E-state index is 0.0486. The van der Waals surface area contributed by atoms with Crippen LogP contribution in [0.1, 0.15) is 24.0 Å². The van der Waals surface area contributed by atoms with Crippen molar-refractivity contribution in [3.63, 3.8) is 0 Å². The number of amides is 2. The molecule has 4 nitrogen and oxygen atoms in total. The number of carbonyl (C=O) groups is 1. The van der Waals surface area contributed by atoms with Gasteiger partial charge in [-0.2, -0.15) is 0 Å². The summed E-state index contributed by atoms with van der Waals surface area (Å²) in [5.41, 5.74) is 2.88. The van der Waals surface area contributed by atoms with E-state index < -0.39 is 0 Å². The Bertz CT molecular complexity index is 740. The van der Waals surface area contributed by atoms with Crippen molar-refractivity contribution in [3.8, 4) is 5.75 Å². The molecule has 2 N–H and O–H groups in total. The summed E-state index contributed by atoms with van der Waals surface area (Å²) in [6, 6.07) is 13.3. The number of benzene rings is 2. The van der Waals surface area contributed by atoms with Gasteiger partial charge < -0.3 is 15.4 Å². The zero-order valence-corrected chi connectivity index (χ0v) is 14.6. The molecule has 3 rings (SSSR count). The van der Waals surface area contributed by atoms with E-state index in [2.05, 4.69) is 22.8 Å². The molecule has 2 aromatic rings. The standard InChI is InChI=1S/C19H21ClN2O2/c1-13-16(20)4-3-5-17(13)22-18(23)21-12-19(10-11-19)14-6-8-15(24-2)9-7-14/h3-9H,10-12H2,1-2H3,(H2,21,22,23). The van der Waals surface area contributed by atoms with Crippen LogP contribution >= 0.6 is 11.6 Å². The summed E-state index contributed by atoms with van der Waals surface area (Å²) in [7, 11) is 1.66. The van der Waals surface area contributed by atoms with Crippen LogP contribution in [0.15, 0.2) is 42.5 Å². The third-order valence-electron chi connectivity index (χ3n) is 4.66. The lowest BCUT2D eigenvalue weighted by Gasteiger charge is -2.18.